The predicted molar refractivity (Wildman–Crippen MR) is 99.1 cm³/mol. The van der Waals surface area contributed by atoms with E-state index in [9.17, 15) is 14.4 Å². The summed E-state index contributed by atoms with van der Waals surface area (Å²) in [7, 11) is 1.30. The summed E-state index contributed by atoms with van der Waals surface area (Å²) >= 11 is 1.36. The molecule has 0 aliphatic carbocycles. The summed E-state index contributed by atoms with van der Waals surface area (Å²) in [5.41, 5.74) is 0.870. The number of carbonyl (C=O) groups excluding carboxylic acids is 3. The van der Waals surface area contributed by atoms with Crippen LogP contribution in [0.15, 0.2) is 59.5 Å². The Morgan fingerprint density at radius 1 is 1.04 bits per heavy atom. The molecular weight excluding hydrogens is 354 g/mol. The van der Waals surface area contributed by atoms with E-state index in [-0.39, 0.29) is 6.61 Å². The van der Waals surface area contributed by atoms with Crippen molar-refractivity contribution < 1.29 is 23.9 Å². The Balaban J connectivity index is 1.78. The molecule has 0 bridgehead atoms. The van der Waals surface area contributed by atoms with Gasteiger partial charge in [0.1, 0.15) is 5.25 Å². The van der Waals surface area contributed by atoms with E-state index in [4.69, 9.17) is 4.74 Å². The van der Waals surface area contributed by atoms with Gasteiger partial charge in [0.25, 0.3) is 5.91 Å². The van der Waals surface area contributed by atoms with Gasteiger partial charge in [0.15, 0.2) is 6.61 Å². The zero-order chi connectivity index (χ0) is 18.9. The molecule has 2 aromatic carbocycles. The SMILES string of the molecule is COC(=O)c1ccc(NC(=O)COC(=O)[C@H](C)Sc2ccccc2)cc1. The van der Waals surface area contributed by atoms with Gasteiger partial charge in [0, 0.05) is 10.6 Å². The average molecular weight is 373 g/mol. The maximum absolute atomic E-state index is 12.0. The number of methoxy groups -OCH3 is 1. The molecule has 0 unspecified atom stereocenters. The van der Waals surface area contributed by atoms with E-state index in [0.29, 0.717) is 11.3 Å². The number of esters is 2. The molecule has 0 heterocycles. The number of carbonyl (C=O) groups is 3. The monoisotopic (exact) mass is 373 g/mol. The Hall–Kier alpha value is -2.80. The van der Waals surface area contributed by atoms with E-state index in [1.54, 1.807) is 19.1 Å². The third-order valence-corrected chi connectivity index (χ3v) is 4.41. The maximum atomic E-state index is 12.0. The molecule has 0 aliphatic heterocycles. The van der Waals surface area contributed by atoms with Gasteiger partial charge in [-0.15, -0.1) is 11.8 Å². The van der Waals surface area contributed by atoms with E-state index in [1.807, 2.05) is 30.3 Å². The van der Waals surface area contributed by atoms with Crippen LogP contribution in [-0.4, -0.2) is 36.8 Å². The molecule has 2 rings (SSSR count). The van der Waals surface area contributed by atoms with Crippen LogP contribution in [0.2, 0.25) is 0 Å². The zero-order valence-electron chi connectivity index (χ0n) is 14.4. The average Bonchev–Trinajstić information content (AvgIpc) is 2.66. The summed E-state index contributed by atoms with van der Waals surface area (Å²) in [5, 5.41) is 2.17. The van der Waals surface area contributed by atoms with Crippen molar-refractivity contribution in [3.8, 4) is 0 Å². The molecule has 0 saturated carbocycles. The van der Waals surface area contributed by atoms with Crippen LogP contribution in [0.5, 0.6) is 0 Å². The van der Waals surface area contributed by atoms with Gasteiger partial charge in [-0.3, -0.25) is 9.59 Å². The highest BCUT2D eigenvalue weighted by atomic mass is 32.2. The van der Waals surface area contributed by atoms with Gasteiger partial charge in [-0.05, 0) is 43.3 Å². The van der Waals surface area contributed by atoms with E-state index in [2.05, 4.69) is 10.1 Å². The molecule has 7 heteroatoms. The molecular formula is C19H19NO5S. The molecule has 6 nitrogen and oxygen atoms in total. The highest BCUT2D eigenvalue weighted by molar-refractivity contribution is 8.00. The minimum atomic E-state index is -0.463. The quantitative estimate of drug-likeness (QED) is 0.593. The van der Waals surface area contributed by atoms with E-state index >= 15 is 0 Å². The van der Waals surface area contributed by atoms with Crippen molar-refractivity contribution in [3.63, 3.8) is 0 Å². The molecule has 136 valence electrons. The number of rotatable bonds is 7. The summed E-state index contributed by atoms with van der Waals surface area (Å²) in [5.74, 6) is -1.38. The van der Waals surface area contributed by atoms with Crippen LogP contribution >= 0.6 is 11.8 Å². The lowest BCUT2D eigenvalue weighted by molar-refractivity contribution is -0.146. The molecule has 0 spiro atoms. The number of amides is 1. The smallest absolute Gasteiger partial charge is 0.337 e. The Kier molecular flexibility index (Phi) is 7.23. The van der Waals surface area contributed by atoms with Crippen molar-refractivity contribution in [2.24, 2.45) is 0 Å². The second-order valence-electron chi connectivity index (χ2n) is 5.30. The number of benzene rings is 2. The van der Waals surface area contributed by atoms with Gasteiger partial charge in [0.05, 0.1) is 12.7 Å². The Morgan fingerprint density at radius 2 is 1.69 bits per heavy atom. The van der Waals surface area contributed by atoms with Crippen molar-refractivity contribution in [2.45, 2.75) is 17.1 Å². The number of hydrogen-bond donors (Lipinski definition) is 1. The molecule has 0 radical (unpaired) electrons. The van der Waals surface area contributed by atoms with Gasteiger partial charge in [-0.25, -0.2) is 4.79 Å². The zero-order valence-corrected chi connectivity index (χ0v) is 15.2. The fraction of sp³-hybridized carbons (Fsp3) is 0.211. The van der Waals surface area contributed by atoms with Crippen molar-refractivity contribution in [1.29, 1.82) is 0 Å². The summed E-state index contributed by atoms with van der Waals surface area (Å²) in [4.78, 5) is 36.2. The molecule has 26 heavy (non-hydrogen) atoms. The number of ether oxygens (including phenoxy) is 2. The minimum absolute atomic E-state index is 0.378. The topological polar surface area (TPSA) is 81.7 Å². The second-order valence-corrected chi connectivity index (χ2v) is 6.71. The first-order valence-electron chi connectivity index (χ1n) is 7.86. The predicted octanol–water partition coefficient (Wildman–Crippen LogP) is 3.14. The molecule has 0 aliphatic rings. The van der Waals surface area contributed by atoms with Crippen molar-refractivity contribution in [1.82, 2.24) is 0 Å². The first kappa shape index (κ1) is 19.5. The third kappa shape index (κ3) is 5.93. The van der Waals surface area contributed by atoms with Crippen LogP contribution in [0, 0.1) is 0 Å². The molecule has 1 amide bonds. The lowest BCUT2D eigenvalue weighted by Crippen LogP contribution is -2.24. The molecule has 0 fully saturated rings. The summed E-state index contributed by atoms with van der Waals surface area (Å²) in [6.07, 6.45) is 0. The lowest BCUT2D eigenvalue weighted by atomic mass is 10.2. The number of nitrogens with one attached hydrogen (secondary N) is 1. The molecule has 1 N–H and O–H groups in total. The lowest BCUT2D eigenvalue weighted by Gasteiger charge is -2.11. The van der Waals surface area contributed by atoms with Crippen LogP contribution in [0.3, 0.4) is 0 Å². The van der Waals surface area contributed by atoms with E-state index in [0.717, 1.165) is 4.90 Å². The Labute approximate surface area is 155 Å². The highest BCUT2D eigenvalue weighted by Crippen LogP contribution is 2.23. The van der Waals surface area contributed by atoms with E-state index < -0.39 is 23.1 Å². The summed E-state index contributed by atoms with van der Waals surface area (Å²) < 4.78 is 9.64. The van der Waals surface area contributed by atoms with Crippen LogP contribution in [0.25, 0.3) is 0 Å². The van der Waals surface area contributed by atoms with Gasteiger partial charge in [0.2, 0.25) is 0 Å². The molecule has 1 atom stereocenters. The molecule has 0 aromatic heterocycles. The number of anilines is 1. The second kappa shape index (κ2) is 9.62. The molecule has 0 saturated heterocycles. The van der Waals surface area contributed by atoms with Crippen LogP contribution in [0.4, 0.5) is 5.69 Å². The number of hydrogen-bond acceptors (Lipinski definition) is 6. The van der Waals surface area contributed by atoms with Gasteiger partial charge >= 0.3 is 11.9 Å². The Bertz CT molecular complexity index is 761. The largest absolute Gasteiger partial charge is 0.465 e. The van der Waals surface area contributed by atoms with Crippen molar-refractivity contribution >= 4 is 35.3 Å². The van der Waals surface area contributed by atoms with Gasteiger partial charge < -0.3 is 14.8 Å². The standard InChI is InChI=1S/C19H19NO5S/c1-13(26-16-6-4-3-5-7-16)18(22)25-12-17(21)20-15-10-8-14(9-11-15)19(23)24-2/h3-11,13H,12H2,1-2H3,(H,20,21)/t13-/m0/s1. The van der Waals surface area contributed by atoms with Gasteiger partial charge in [-0.1, -0.05) is 18.2 Å². The summed E-state index contributed by atoms with van der Waals surface area (Å²) in [6.45, 7) is 1.35. The van der Waals surface area contributed by atoms with Crippen LogP contribution in [0.1, 0.15) is 17.3 Å². The third-order valence-electron chi connectivity index (χ3n) is 3.32. The van der Waals surface area contributed by atoms with Crippen LogP contribution < -0.4 is 5.32 Å². The molecule has 2 aromatic rings. The summed E-state index contributed by atoms with van der Waals surface area (Å²) in [6, 6.07) is 15.7. The maximum Gasteiger partial charge on any atom is 0.337 e. The first-order valence-corrected chi connectivity index (χ1v) is 8.74. The fourth-order valence-corrected chi connectivity index (χ4v) is 2.90. The van der Waals surface area contributed by atoms with E-state index in [1.165, 1.54) is 31.0 Å². The minimum Gasteiger partial charge on any atom is -0.465 e. The van der Waals surface area contributed by atoms with Crippen molar-refractivity contribution in [3.05, 3.63) is 60.2 Å². The normalized spacial score (nSPS) is 11.3. The fourth-order valence-electron chi connectivity index (χ4n) is 2.01. The van der Waals surface area contributed by atoms with Gasteiger partial charge in [-0.2, -0.15) is 0 Å². The Morgan fingerprint density at radius 3 is 2.31 bits per heavy atom. The number of thioether (sulfide) groups is 1. The highest BCUT2D eigenvalue weighted by Gasteiger charge is 2.17. The van der Waals surface area contributed by atoms with Crippen LogP contribution in [-0.2, 0) is 19.1 Å². The van der Waals surface area contributed by atoms with Crippen molar-refractivity contribution in [2.75, 3.05) is 19.0 Å². The first-order chi connectivity index (χ1) is 12.5.